The zero-order valence-electron chi connectivity index (χ0n) is 9.81. The Balaban J connectivity index is 2.38. The molecule has 0 unspecified atom stereocenters. The summed E-state index contributed by atoms with van der Waals surface area (Å²) in [5, 5.41) is 9.65. The number of nitrogens with zero attached hydrogens (tertiary/aromatic N) is 1. The molecule has 0 aromatic heterocycles. The fraction of sp³-hybridized carbons (Fsp3) is 0.167. The van der Waals surface area contributed by atoms with Crippen molar-refractivity contribution < 1.29 is 9.90 Å². The minimum atomic E-state index is -0.0715. The van der Waals surface area contributed by atoms with Gasteiger partial charge in [0.1, 0.15) is 10.1 Å². The van der Waals surface area contributed by atoms with Crippen molar-refractivity contribution in [2.75, 3.05) is 6.54 Å². The number of benzene rings is 1. The van der Waals surface area contributed by atoms with Crippen LogP contribution in [0.2, 0.25) is 0 Å². The molecule has 0 saturated carbocycles. The van der Waals surface area contributed by atoms with E-state index < -0.39 is 0 Å². The summed E-state index contributed by atoms with van der Waals surface area (Å²) in [6.07, 6.45) is 1.77. The lowest BCUT2D eigenvalue weighted by Gasteiger charge is -2.09. The lowest BCUT2D eigenvalue weighted by Crippen LogP contribution is -2.27. The Labute approximate surface area is 137 Å². The molecule has 0 spiro atoms. The third-order valence-electron chi connectivity index (χ3n) is 2.53. The fourth-order valence-electron chi connectivity index (χ4n) is 1.59. The van der Waals surface area contributed by atoms with E-state index in [9.17, 15) is 9.90 Å². The van der Waals surface area contributed by atoms with Crippen LogP contribution in [0.25, 0.3) is 6.08 Å². The highest BCUT2D eigenvalue weighted by molar-refractivity contribution is 9.11. The third kappa shape index (κ3) is 3.04. The first-order chi connectivity index (χ1) is 8.93. The Bertz CT molecular complexity index is 578. The van der Waals surface area contributed by atoms with E-state index in [1.807, 2.05) is 6.92 Å². The maximum atomic E-state index is 12.1. The van der Waals surface area contributed by atoms with Gasteiger partial charge in [-0.15, -0.1) is 0 Å². The number of rotatable bonds is 2. The van der Waals surface area contributed by atoms with Crippen molar-refractivity contribution in [3.8, 4) is 5.75 Å². The van der Waals surface area contributed by atoms with E-state index in [4.69, 9.17) is 12.2 Å². The molecular formula is C12H9Br2NO2S2. The molecule has 0 bridgehead atoms. The molecular weight excluding hydrogens is 414 g/mol. The molecule has 0 radical (unpaired) electrons. The second-order valence-electron chi connectivity index (χ2n) is 3.76. The zero-order valence-corrected chi connectivity index (χ0v) is 14.6. The lowest BCUT2D eigenvalue weighted by atomic mass is 10.2. The van der Waals surface area contributed by atoms with Crippen molar-refractivity contribution in [2.24, 2.45) is 0 Å². The summed E-state index contributed by atoms with van der Waals surface area (Å²) >= 11 is 13.0. The molecule has 0 atom stereocenters. The van der Waals surface area contributed by atoms with Gasteiger partial charge in [0.15, 0.2) is 0 Å². The normalized spacial score (nSPS) is 17.6. The number of amides is 1. The predicted octanol–water partition coefficient (Wildman–Crippen LogP) is 4.14. The van der Waals surface area contributed by atoms with Crippen molar-refractivity contribution in [1.82, 2.24) is 4.90 Å². The predicted molar refractivity (Wildman–Crippen MR) is 89.1 cm³/mol. The Morgan fingerprint density at radius 3 is 2.47 bits per heavy atom. The van der Waals surface area contributed by atoms with E-state index in [1.165, 1.54) is 11.8 Å². The van der Waals surface area contributed by atoms with Gasteiger partial charge in [0, 0.05) is 6.54 Å². The van der Waals surface area contributed by atoms with Gasteiger partial charge in [-0.2, -0.15) is 0 Å². The first-order valence-electron chi connectivity index (χ1n) is 5.37. The minimum Gasteiger partial charge on any atom is -0.506 e. The van der Waals surface area contributed by atoms with Crippen LogP contribution < -0.4 is 0 Å². The summed E-state index contributed by atoms with van der Waals surface area (Å²) < 4.78 is 1.72. The average molecular weight is 423 g/mol. The quantitative estimate of drug-likeness (QED) is 0.574. The first kappa shape index (κ1) is 15.0. The number of carbonyl (C=O) groups is 1. The van der Waals surface area contributed by atoms with Crippen LogP contribution in [0.1, 0.15) is 12.5 Å². The van der Waals surface area contributed by atoms with Crippen molar-refractivity contribution in [2.45, 2.75) is 6.92 Å². The molecule has 1 aliphatic heterocycles. The van der Waals surface area contributed by atoms with Crippen molar-refractivity contribution in [1.29, 1.82) is 0 Å². The third-order valence-corrected chi connectivity index (χ3v) is 5.11. The Hall–Kier alpha value is -0.370. The maximum Gasteiger partial charge on any atom is 0.266 e. The Morgan fingerprint density at radius 2 is 2.00 bits per heavy atom. The van der Waals surface area contributed by atoms with Crippen LogP contribution in [0, 0.1) is 0 Å². The molecule has 0 aliphatic carbocycles. The van der Waals surface area contributed by atoms with Gasteiger partial charge in [-0.25, -0.2) is 0 Å². The van der Waals surface area contributed by atoms with E-state index in [1.54, 1.807) is 23.1 Å². The monoisotopic (exact) mass is 421 g/mol. The van der Waals surface area contributed by atoms with Crippen molar-refractivity contribution in [3.05, 3.63) is 31.5 Å². The molecule has 1 aliphatic rings. The number of thiocarbonyl (C=S) groups is 1. The van der Waals surface area contributed by atoms with Crippen LogP contribution >= 0.6 is 55.8 Å². The number of phenols is 1. The van der Waals surface area contributed by atoms with Gasteiger partial charge in [0.05, 0.1) is 13.9 Å². The Kier molecular flexibility index (Phi) is 4.70. The number of thioether (sulfide) groups is 1. The average Bonchev–Trinajstić information content (AvgIpc) is 2.61. The van der Waals surface area contributed by atoms with Gasteiger partial charge in [-0.1, -0.05) is 24.0 Å². The van der Waals surface area contributed by atoms with Gasteiger partial charge in [0.2, 0.25) is 0 Å². The van der Waals surface area contributed by atoms with Gasteiger partial charge < -0.3 is 5.11 Å². The lowest BCUT2D eigenvalue weighted by molar-refractivity contribution is -0.121. The standard InChI is InChI=1S/C12H9Br2NO2S2/c1-2-15-11(17)9(19-12(15)18)5-6-3-7(13)10(16)8(14)4-6/h3-5,16H,2H2,1H3. The molecule has 3 nitrogen and oxygen atoms in total. The topological polar surface area (TPSA) is 40.5 Å². The number of hydrogen-bond acceptors (Lipinski definition) is 4. The minimum absolute atomic E-state index is 0.0715. The summed E-state index contributed by atoms with van der Waals surface area (Å²) in [6, 6.07) is 3.50. The van der Waals surface area contributed by atoms with Crippen LogP contribution in [0.5, 0.6) is 5.75 Å². The maximum absolute atomic E-state index is 12.1. The molecule has 7 heteroatoms. The molecule has 19 heavy (non-hydrogen) atoms. The van der Waals surface area contributed by atoms with E-state index in [-0.39, 0.29) is 11.7 Å². The second-order valence-corrected chi connectivity index (χ2v) is 7.14. The molecule has 2 rings (SSSR count). The van der Waals surface area contributed by atoms with Gasteiger partial charge >= 0.3 is 0 Å². The first-order valence-corrected chi connectivity index (χ1v) is 8.18. The van der Waals surface area contributed by atoms with Crippen LogP contribution in [0.4, 0.5) is 0 Å². The van der Waals surface area contributed by atoms with Crippen LogP contribution in [0.3, 0.4) is 0 Å². The SMILES string of the molecule is CCN1C(=O)C(=Cc2cc(Br)c(O)c(Br)c2)SC1=S. The largest absolute Gasteiger partial charge is 0.506 e. The number of aromatic hydroxyl groups is 1. The number of hydrogen-bond donors (Lipinski definition) is 1. The number of likely N-dealkylation sites (N-methyl/N-ethyl adjacent to an activating group) is 1. The number of carbonyl (C=O) groups excluding carboxylic acids is 1. The van der Waals surface area contributed by atoms with E-state index >= 15 is 0 Å². The van der Waals surface area contributed by atoms with Crippen LogP contribution in [0.15, 0.2) is 26.0 Å². The zero-order chi connectivity index (χ0) is 14.2. The van der Waals surface area contributed by atoms with Crippen molar-refractivity contribution >= 4 is 72.1 Å². The highest BCUT2D eigenvalue weighted by Crippen LogP contribution is 2.36. The van der Waals surface area contributed by atoms with Crippen LogP contribution in [-0.2, 0) is 4.79 Å². The molecule has 1 fully saturated rings. The molecule has 1 N–H and O–H groups in total. The van der Waals surface area contributed by atoms with E-state index in [0.717, 1.165) is 5.56 Å². The summed E-state index contributed by atoms with van der Waals surface area (Å²) in [7, 11) is 0. The number of halogens is 2. The van der Waals surface area contributed by atoms with Gasteiger partial charge in [0.25, 0.3) is 5.91 Å². The summed E-state index contributed by atoms with van der Waals surface area (Å²) in [4.78, 5) is 14.2. The van der Waals surface area contributed by atoms with Gasteiger partial charge in [-0.3, -0.25) is 9.69 Å². The van der Waals surface area contributed by atoms with E-state index in [0.29, 0.717) is 24.7 Å². The van der Waals surface area contributed by atoms with E-state index in [2.05, 4.69) is 31.9 Å². The second kappa shape index (κ2) is 5.95. The van der Waals surface area contributed by atoms with Crippen LogP contribution in [-0.4, -0.2) is 26.8 Å². The highest BCUT2D eigenvalue weighted by Gasteiger charge is 2.30. The summed E-state index contributed by atoms with van der Waals surface area (Å²) in [5.74, 6) is 0.0658. The molecule has 1 heterocycles. The fourth-order valence-corrected chi connectivity index (χ4v) is 4.20. The smallest absolute Gasteiger partial charge is 0.266 e. The van der Waals surface area contributed by atoms with Gasteiger partial charge in [-0.05, 0) is 62.6 Å². The highest BCUT2D eigenvalue weighted by atomic mass is 79.9. The molecule has 1 saturated heterocycles. The summed E-state index contributed by atoms with van der Waals surface area (Å²) in [6.45, 7) is 2.46. The number of phenolic OH excluding ortho intramolecular Hbond substituents is 1. The summed E-state index contributed by atoms with van der Waals surface area (Å²) in [5.41, 5.74) is 0.813. The molecule has 100 valence electrons. The molecule has 1 amide bonds. The molecule has 1 aromatic rings. The molecule has 1 aromatic carbocycles. The van der Waals surface area contributed by atoms with Crippen molar-refractivity contribution in [3.63, 3.8) is 0 Å². The Morgan fingerprint density at radius 1 is 1.42 bits per heavy atom.